The number of carbonyl (C=O) groups excluding carboxylic acids is 3. The normalized spacial score (nSPS) is 19.8. The monoisotopic (exact) mass is 1040 g/mol. The van der Waals surface area contributed by atoms with Crippen LogP contribution in [0.15, 0.2) is 12.7 Å². The molecule has 3 rings (SSSR count). The number of phosphoric acid groups is 3. The van der Waals surface area contributed by atoms with Crippen molar-refractivity contribution in [1.82, 2.24) is 30.2 Å². The van der Waals surface area contributed by atoms with Crippen molar-refractivity contribution in [3.63, 3.8) is 0 Å². The van der Waals surface area contributed by atoms with Crippen molar-refractivity contribution in [2.24, 2.45) is 5.41 Å². The van der Waals surface area contributed by atoms with Crippen LogP contribution in [0.25, 0.3) is 11.2 Å². The van der Waals surface area contributed by atoms with Crippen LogP contribution < -0.4 is 16.4 Å². The van der Waals surface area contributed by atoms with E-state index in [2.05, 4.69) is 41.3 Å². The minimum atomic E-state index is -5.57. The summed E-state index contributed by atoms with van der Waals surface area (Å²) in [6.45, 7) is 2.82. The average molecular weight is 1040 g/mol. The molecule has 24 nitrogen and oxygen atoms in total. The van der Waals surface area contributed by atoms with Crippen molar-refractivity contribution in [3.8, 4) is 0 Å². The number of amides is 2. The number of hydrogen-bond acceptors (Lipinski definition) is 18. The number of anilines is 1. The Morgan fingerprint density at radius 2 is 1.43 bits per heavy atom. The minimum Gasteiger partial charge on any atom is -0.386 e. The summed E-state index contributed by atoms with van der Waals surface area (Å²) in [5.74, 6) is -1.02. The number of carbonyl (C=O) groups is 3. The van der Waals surface area contributed by atoms with Crippen LogP contribution in [0, 0.1) is 5.41 Å². The molecule has 7 unspecified atom stereocenters. The molecule has 10 N–H and O–H groups in total. The molecule has 1 fully saturated rings. The maximum Gasteiger partial charge on any atom is 0.481 e. The Kier molecular flexibility index (Phi) is 28.3. The Morgan fingerprint density at radius 3 is 2.01 bits per heavy atom. The topological polar surface area (TPSA) is 364 Å². The summed E-state index contributed by atoms with van der Waals surface area (Å²) in [5.41, 5.74) is 4.29. The molecule has 2 aromatic heterocycles. The summed E-state index contributed by atoms with van der Waals surface area (Å²) in [6, 6.07) is 0. The van der Waals surface area contributed by atoms with E-state index in [4.69, 9.17) is 19.5 Å². The van der Waals surface area contributed by atoms with Gasteiger partial charge < -0.3 is 50.9 Å². The van der Waals surface area contributed by atoms with Crippen LogP contribution in [0.1, 0.15) is 136 Å². The molecule has 1 saturated heterocycles. The third-order valence-corrected chi connectivity index (χ3v) is 14.8. The fraction of sp³-hybridized carbons (Fsp3) is 0.795. The number of thioether (sulfide) groups is 1. The average Bonchev–Trinajstić information content (AvgIpc) is 3.81. The van der Waals surface area contributed by atoms with Gasteiger partial charge in [-0.1, -0.05) is 122 Å². The molecule has 2 aromatic rings. The van der Waals surface area contributed by atoms with Gasteiger partial charge in [-0.05, 0) is 6.42 Å². The van der Waals surface area contributed by atoms with Gasteiger partial charge in [0.2, 0.25) is 11.8 Å². The summed E-state index contributed by atoms with van der Waals surface area (Å²) < 4.78 is 62.4. The molecule has 7 atom stereocenters. The Balaban J connectivity index is 0.0000159. The number of aliphatic hydroxyl groups excluding tert-OH is 2. The van der Waals surface area contributed by atoms with E-state index in [0.29, 0.717) is 12.2 Å². The van der Waals surface area contributed by atoms with Gasteiger partial charge in [0.25, 0.3) is 0 Å². The Labute approximate surface area is 413 Å². The number of nitrogens with one attached hydrogen (secondary N) is 2. The van der Waals surface area contributed by atoms with Crippen molar-refractivity contribution in [3.05, 3.63) is 12.7 Å². The number of nitrogens with two attached hydrogens (primary N) is 1. The Hall–Kier alpha value is -1.84. The van der Waals surface area contributed by atoms with Gasteiger partial charge in [0.15, 0.2) is 22.8 Å². The van der Waals surface area contributed by atoms with E-state index in [1.807, 2.05) is 0 Å². The van der Waals surface area contributed by atoms with Crippen molar-refractivity contribution >= 4 is 88.0 Å². The molecular formula is C39H70LiN7O17P3S. The molecule has 0 spiro atoms. The Bertz CT molecular complexity index is 2000. The fourth-order valence-electron chi connectivity index (χ4n) is 7.01. The second-order valence-corrected chi connectivity index (χ2v) is 22.4. The van der Waals surface area contributed by atoms with Gasteiger partial charge in [-0.15, -0.1) is 0 Å². The third-order valence-electron chi connectivity index (χ3n) is 10.7. The van der Waals surface area contributed by atoms with E-state index in [0.717, 1.165) is 48.2 Å². The molecule has 1 aliphatic heterocycles. The van der Waals surface area contributed by atoms with E-state index in [1.54, 1.807) is 0 Å². The van der Waals surface area contributed by atoms with Crippen LogP contribution in [-0.2, 0) is 50.7 Å². The molecule has 385 valence electrons. The zero-order valence-electron chi connectivity index (χ0n) is 39.4. The van der Waals surface area contributed by atoms with E-state index >= 15 is 0 Å². The Morgan fingerprint density at radius 1 is 0.853 bits per heavy atom. The molecule has 0 saturated carbocycles. The van der Waals surface area contributed by atoms with Gasteiger partial charge in [0.1, 0.15) is 36.3 Å². The van der Waals surface area contributed by atoms with Crippen molar-refractivity contribution in [1.29, 1.82) is 0 Å². The zero-order chi connectivity index (χ0) is 49.7. The quantitative estimate of drug-likeness (QED) is 0.0260. The smallest absolute Gasteiger partial charge is 0.386 e. The molecule has 0 aromatic carbocycles. The van der Waals surface area contributed by atoms with E-state index in [-0.39, 0.29) is 60.5 Å². The molecule has 29 heteroatoms. The van der Waals surface area contributed by atoms with E-state index < -0.39 is 84.6 Å². The predicted octanol–water partition coefficient (Wildman–Crippen LogP) is 4.55. The molecule has 1 aliphatic rings. The maximum atomic E-state index is 12.7. The van der Waals surface area contributed by atoms with Gasteiger partial charge in [0.05, 0.1) is 19.5 Å². The first-order valence-corrected chi connectivity index (χ1v) is 28.1. The number of ether oxygens (including phenoxy) is 1. The molecule has 1 radical (unpaired) electrons. The summed E-state index contributed by atoms with van der Waals surface area (Å²) in [6.07, 6.45) is 12.3. The standard InChI is InChI=1S/C39H70N7O17P3S.Li/c1-4-5-6-7-8-9-10-11-12-13-14-15-16-17-18-19-30(48)67-23-22-41-29(47)20-21-42-37(51)34(50)39(2,3)25-60-66(57,58)63-65(55,56)59-24-28-33(62-64(52,53)54)32(49)38(61-28)46-27-45-31-35(40)43-26-44-36(31)46;/h26-28,32-34,38,49-50H,4-25H2,1-3H3,(H,41,47)(H,42,51)(H,55,56)(H,57,58)(H2,40,43,44)(H2,52,53,54);. The van der Waals surface area contributed by atoms with Crippen LogP contribution in [0.5, 0.6) is 0 Å². The molecule has 0 bridgehead atoms. The minimum absolute atomic E-state index is 0. The molecule has 3 heterocycles. The molecule has 0 aliphatic carbocycles. The van der Waals surface area contributed by atoms with Gasteiger partial charge in [-0.3, -0.25) is 32.5 Å². The first-order valence-electron chi connectivity index (χ1n) is 22.6. The van der Waals surface area contributed by atoms with E-state index in [9.17, 15) is 57.9 Å². The number of aromatic nitrogens is 4. The second-order valence-electron chi connectivity index (χ2n) is 17.0. The van der Waals surface area contributed by atoms with Crippen LogP contribution in [0.2, 0.25) is 0 Å². The summed E-state index contributed by atoms with van der Waals surface area (Å²) >= 11 is 1.16. The largest absolute Gasteiger partial charge is 0.481 e. The number of phosphoric ester groups is 3. The van der Waals surface area contributed by atoms with Crippen LogP contribution in [0.4, 0.5) is 5.82 Å². The number of fused-ring (bicyclic) bond motifs is 1. The van der Waals surface area contributed by atoms with Crippen molar-refractivity contribution in [2.45, 2.75) is 161 Å². The SMILES string of the molecule is CCCCCCCCCCCCCCCCCC(=O)SCCNC(=O)CCNC(=O)C(O)C(C)(C)COP(=O)(O)OP(=O)(O)OCC1OC(n2cnc3c(N)ncnc32)C(O)C1OP(=O)(O)O.[Li]. The second kappa shape index (κ2) is 30.9. The number of imidazole rings is 1. The summed E-state index contributed by atoms with van der Waals surface area (Å²) in [5, 5.41) is 26.7. The molecule has 2 amide bonds. The fourth-order valence-corrected chi connectivity index (χ4v) is 10.6. The number of aliphatic hydroxyl groups is 2. The maximum absolute atomic E-state index is 12.7. The zero-order valence-corrected chi connectivity index (χ0v) is 42.9. The molecular weight excluding hydrogens is 970 g/mol. The number of unbranched alkanes of at least 4 members (excludes halogenated alkanes) is 14. The van der Waals surface area contributed by atoms with Gasteiger partial charge in [0, 0.05) is 56.0 Å². The van der Waals surface area contributed by atoms with Crippen LogP contribution >= 0.6 is 35.2 Å². The number of nitrogens with zero attached hydrogens (tertiary/aromatic N) is 4. The van der Waals surface area contributed by atoms with Crippen molar-refractivity contribution in [2.75, 3.05) is 37.8 Å². The first kappa shape index (κ1) is 62.3. The summed E-state index contributed by atoms with van der Waals surface area (Å²) in [4.78, 5) is 88.4. The van der Waals surface area contributed by atoms with Gasteiger partial charge >= 0.3 is 23.5 Å². The number of hydrogen-bond donors (Lipinski definition) is 9. The summed E-state index contributed by atoms with van der Waals surface area (Å²) in [7, 11) is -16.4. The van der Waals surface area contributed by atoms with Crippen LogP contribution in [0.3, 0.4) is 0 Å². The van der Waals surface area contributed by atoms with Gasteiger partial charge in [-0.25, -0.2) is 28.6 Å². The van der Waals surface area contributed by atoms with Gasteiger partial charge in [-0.2, -0.15) is 4.31 Å². The van der Waals surface area contributed by atoms with Crippen LogP contribution in [-0.4, -0.2) is 142 Å². The molecule has 68 heavy (non-hydrogen) atoms. The number of rotatable bonds is 35. The predicted molar refractivity (Wildman–Crippen MR) is 252 cm³/mol. The van der Waals surface area contributed by atoms with Crippen molar-refractivity contribution < 1.29 is 80.5 Å². The number of nitrogen functional groups attached to an aromatic ring is 1. The van der Waals surface area contributed by atoms with E-state index in [1.165, 1.54) is 90.9 Å². The first-order chi connectivity index (χ1) is 31.6. The third kappa shape index (κ3) is 23.1.